The summed E-state index contributed by atoms with van der Waals surface area (Å²) in [5.41, 5.74) is 9.87. The first-order valence-corrected chi connectivity index (χ1v) is 8.28. The number of hydrogen-bond acceptors (Lipinski definition) is 5. The van der Waals surface area contributed by atoms with Gasteiger partial charge in [-0.25, -0.2) is 4.98 Å². The summed E-state index contributed by atoms with van der Waals surface area (Å²) < 4.78 is 0. The van der Waals surface area contributed by atoms with Gasteiger partial charge in [-0.15, -0.1) is 11.3 Å². The Balaban J connectivity index is 1.76. The van der Waals surface area contributed by atoms with Crippen molar-refractivity contribution in [2.75, 3.05) is 0 Å². The van der Waals surface area contributed by atoms with Gasteiger partial charge < -0.3 is 10.6 Å². The highest BCUT2D eigenvalue weighted by atomic mass is 32.1. The Hall–Kier alpha value is -1.79. The van der Waals surface area contributed by atoms with E-state index in [0.29, 0.717) is 24.7 Å². The number of pyridine rings is 1. The SMILES string of the molecule is Cc1cc2c(cn1)CN(C(=O)c1csc([C@@H](N)C(C)C)n1)C2. The zero-order valence-electron chi connectivity index (χ0n) is 13.0. The van der Waals surface area contributed by atoms with Crippen LogP contribution in [-0.4, -0.2) is 20.8 Å². The summed E-state index contributed by atoms with van der Waals surface area (Å²) in [5.74, 6) is 0.270. The molecule has 2 aromatic heterocycles. The fraction of sp³-hybridized carbons (Fsp3) is 0.438. The lowest BCUT2D eigenvalue weighted by molar-refractivity contribution is 0.0746. The molecule has 0 saturated heterocycles. The Morgan fingerprint density at radius 2 is 2.09 bits per heavy atom. The Kier molecular flexibility index (Phi) is 3.97. The van der Waals surface area contributed by atoms with E-state index in [4.69, 9.17) is 5.73 Å². The second-order valence-electron chi connectivity index (χ2n) is 6.10. The van der Waals surface area contributed by atoms with E-state index in [1.54, 1.807) is 0 Å². The molecule has 22 heavy (non-hydrogen) atoms. The summed E-state index contributed by atoms with van der Waals surface area (Å²) in [6, 6.07) is 1.93. The molecule has 0 bridgehead atoms. The summed E-state index contributed by atoms with van der Waals surface area (Å²) >= 11 is 1.46. The summed E-state index contributed by atoms with van der Waals surface area (Å²) in [4.78, 5) is 23.2. The van der Waals surface area contributed by atoms with E-state index in [9.17, 15) is 4.79 Å². The molecule has 0 unspecified atom stereocenters. The Bertz CT molecular complexity index is 710. The second-order valence-corrected chi connectivity index (χ2v) is 6.99. The lowest BCUT2D eigenvalue weighted by Gasteiger charge is -2.14. The molecule has 3 heterocycles. The molecular weight excluding hydrogens is 296 g/mol. The van der Waals surface area contributed by atoms with Crippen molar-refractivity contribution in [3.8, 4) is 0 Å². The number of carbonyl (C=O) groups excluding carboxylic acids is 1. The maximum atomic E-state index is 12.6. The van der Waals surface area contributed by atoms with Crippen molar-refractivity contribution in [1.29, 1.82) is 0 Å². The van der Waals surface area contributed by atoms with Gasteiger partial charge in [0.1, 0.15) is 10.7 Å². The quantitative estimate of drug-likeness (QED) is 0.945. The Morgan fingerprint density at radius 3 is 2.82 bits per heavy atom. The molecule has 1 aliphatic heterocycles. The maximum Gasteiger partial charge on any atom is 0.273 e. The number of rotatable bonds is 3. The van der Waals surface area contributed by atoms with Crippen LogP contribution in [0.2, 0.25) is 0 Å². The van der Waals surface area contributed by atoms with Crippen LogP contribution in [0.1, 0.15) is 52.2 Å². The highest BCUT2D eigenvalue weighted by Crippen LogP contribution is 2.26. The molecule has 0 fully saturated rings. The summed E-state index contributed by atoms with van der Waals surface area (Å²) in [6.45, 7) is 7.30. The predicted octanol–water partition coefficient (Wildman–Crippen LogP) is 2.66. The lowest BCUT2D eigenvalue weighted by Crippen LogP contribution is -2.26. The molecule has 5 nitrogen and oxygen atoms in total. The largest absolute Gasteiger partial charge is 0.329 e. The van der Waals surface area contributed by atoms with Gasteiger partial charge in [0.05, 0.1) is 6.04 Å². The molecule has 0 aromatic carbocycles. The van der Waals surface area contributed by atoms with Crippen molar-refractivity contribution in [3.63, 3.8) is 0 Å². The van der Waals surface area contributed by atoms with E-state index in [0.717, 1.165) is 16.3 Å². The van der Waals surface area contributed by atoms with Gasteiger partial charge in [-0.05, 0) is 30.0 Å². The van der Waals surface area contributed by atoms with Crippen LogP contribution >= 0.6 is 11.3 Å². The minimum Gasteiger partial charge on any atom is -0.329 e. The molecule has 1 aliphatic rings. The molecule has 0 saturated carbocycles. The molecule has 0 radical (unpaired) electrons. The number of thiazole rings is 1. The van der Waals surface area contributed by atoms with Crippen LogP contribution in [-0.2, 0) is 13.1 Å². The van der Waals surface area contributed by atoms with Crippen molar-refractivity contribution >= 4 is 17.2 Å². The van der Waals surface area contributed by atoms with Gasteiger partial charge >= 0.3 is 0 Å². The number of nitrogens with two attached hydrogens (primary N) is 1. The van der Waals surface area contributed by atoms with Crippen LogP contribution in [0.25, 0.3) is 0 Å². The second kappa shape index (κ2) is 5.78. The Morgan fingerprint density at radius 1 is 1.36 bits per heavy atom. The smallest absolute Gasteiger partial charge is 0.273 e. The monoisotopic (exact) mass is 316 g/mol. The van der Waals surface area contributed by atoms with E-state index in [1.165, 1.54) is 16.9 Å². The lowest BCUT2D eigenvalue weighted by atomic mass is 10.1. The summed E-state index contributed by atoms with van der Waals surface area (Å²) in [7, 11) is 0. The van der Waals surface area contributed by atoms with Gasteiger partial charge in [-0.2, -0.15) is 0 Å². The van der Waals surface area contributed by atoms with Crippen molar-refractivity contribution in [1.82, 2.24) is 14.9 Å². The van der Waals surface area contributed by atoms with Crippen molar-refractivity contribution in [2.45, 2.75) is 39.9 Å². The normalized spacial score (nSPS) is 15.2. The highest BCUT2D eigenvalue weighted by Gasteiger charge is 2.27. The summed E-state index contributed by atoms with van der Waals surface area (Å²) in [5, 5.41) is 2.64. The fourth-order valence-electron chi connectivity index (χ4n) is 2.53. The number of aryl methyl sites for hydroxylation is 1. The average Bonchev–Trinajstić information content (AvgIpc) is 3.11. The minimum atomic E-state index is -0.117. The van der Waals surface area contributed by atoms with Crippen LogP contribution in [0, 0.1) is 12.8 Å². The number of aromatic nitrogens is 2. The molecule has 0 aliphatic carbocycles. The third kappa shape index (κ3) is 2.76. The van der Waals surface area contributed by atoms with Gasteiger partial charge in [0.25, 0.3) is 5.91 Å². The molecule has 2 N–H and O–H groups in total. The highest BCUT2D eigenvalue weighted by molar-refractivity contribution is 7.09. The molecule has 116 valence electrons. The van der Waals surface area contributed by atoms with E-state index in [-0.39, 0.29) is 11.9 Å². The number of hydrogen-bond donors (Lipinski definition) is 1. The van der Waals surface area contributed by atoms with Crippen molar-refractivity contribution < 1.29 is 4.79 Å². The number of fused-ring (bicyclic) bond motifs is 1. The van der Waals surface area contributed by atoms with Gasteiger partial charge in [0.2, 0.25) is 0 Å². The average molecular weight is 316 g/mol. The number of nitrogens with zero attached hydrogens (tertiary/aromatic N) is 3. The third-order valence-electron chi connectivity index (χ3n) is 3.97. The van der Waals surface area contributed by atoms with Gasteiger partial charge in [-0.1, -0.05) is 13.8 Å². The first-order chi connectivity index (χ1) is 10.5. The number of amides is 1. The fourth-order valence-corrected chi connectivity index (χ4v) is 3.50. The van der Waals surface area contributed by atoms with Crippen LogP contribution in [0.5, 0.6) is 0 Å². The molecule has 2 aromatic rings. The van der Waals surface area contributed by atoms with Gasteiger partial charge in [0.15, 0.2) is 0 Å². The Labute approximate surface area is 134 Å². The van der Waals surface area contributed by atoms with Crippen LogP contribution < -0.4 is 5.73 Å². The first kappa shape index (κ1) is 15.1. The first-order valence-electron chi connectivity index (χ1n) is 7.40. The standard InChI is InChI=1S/C16H20N4OS/c1-9(2)14(17)15-19-13(8-22-15)16(21)20-6-11-4-10(3)18-5-12(11)7-20/h4-5,8-9,14H,6-7,17H2,1-3H3/t14-/m0/s1. The van der Waals surface area contributed by atoms with Crippen LogP contribution in [0.4, 0.5) is 0 Å². The van der Waals surface area contributed by atoms with Crippen LogP contribution in [0.15, 0.2) is 17.6 Å². The molecule has 3 rings (SSSR count). The predicted molar refractivity (Wildman–Crippen MR) is 86.4 cm³/mol. The molecular formula is C16H20N4OS. The number of carbonyl (C=O) groups is 1. The maximum absolute atomic E-state index is 12.6. The zero-order valence-corrected chi connectivity index (χ0v) is 13.9. The van der Waals surface area contributed by atoms with Crippen molar-refractivity contribution in [2.24, 2.45) is 11.7 Å². The van der Waals surface area contributed by atoms with E-state index < -0.39 is 0 Å². The molecule has 6 heteroatoms. The van der Waals surface area contributed by atoms with Gasteiger partial charge in [0, 0.05) is 30.4 Å². The van der Waals surface area contributed by atoms with E-state index >= 15 is 0 Å². The summed E-state index contributed by atoms with van der Waals surface area (Å²) in [6.07, 6.45) is 1.86. The van der Waals surface area contributed by atoms with Crippen molar-refractivity contribution in [3.05, 3.63) is 45.2 Å². The topological polar surface area (TPSA) is 72.1 Å². The van der Waals surface area contributed by atoms with E-state index in [1.807, 2.05) is 29.5 Å². The zero-order chi connectivity index (χ0) is 15.9. The minimum absolute atomic E-state index is 0.0349. The molecule has 1 amide bonds. The molecule has 0 spiro atoms. The third-order valence-corrected chi connectivity index (χ3v) is 4.92. The molecule has 1 atom stereocenters. The van der Waals surface area contributed by atoms with Crippen LogP contribution in [0.3, 0.4) is 0 Å². The van der Waals surface area contributed by atoms with E-state index in [2.05, 4.69) is 23.8 Å². The van der Waals surface area contributed by atoms with Gasteiger partial charge in [-0.3, -0.25) is 9.78 Å².